The van der Waals surface area contributed by atoms with Gasteiger partial charge < -0.3 is 9.64 Å². The molecule has 0 saturated heterocycles. The summed E-state index contributed by atoms with van der Waals surface area (Å²) in [6.45, 7) is 4.11. The molecule has 0 amide bonds. The third-order valence-corrected chi connectivity index (χ3v) is 4.02. The second kappa shape index (κ2) is 6.65. The van der Waals surface area contributed by atoms with E-state index in [0.717, 1.165) is 31.1 Å². The summed E-state index contributed by atoms with van der Waals surface area (Å²) in [6, 6.07) is 19.1. The molecule has 1 aliphatic heterocycles. The lowest BCUT2D eigenvalue weighted by atomic mass is 10.1. The van der Waals surface area contributed by atoms with Crippen LogP contribution in [0.4, 0.5) is 0 Å². The number of ether oxygens (including phenoxy) is 1. The van der Waals surface area contributed by atoms with Gasteiger partial charge in [0.2, 0.25) is 0 Å². The fourth-order valence-corrected chi connectivity index (χ4v) is 2.75. The van der Waals surface area contributed by atoms with Crippen LogP contribution < -0.4 is 4.74 Å². The highest BCUT2D eigenvalue weighted by molar-refractivity contribution is 5.99. The lowest BCUT2D eigenvalue weighted by molar-refractivity contribution is 0.364. The van der Waals surface area contributed by atoms with Crippen molar-refractivity contribution in [2.24, 2.45) is 4.99 Å². The summed E-state index contributed by atoms with van der Waals surface area (Å²) in [5.74, 6) is 2.00. The molecule has 3 heteroatoms. The number of hydrogen-bond donors (Lipinski definition) is 0. The van der Waals surface area contributed by atoms with E-state index in [9.17, 15) is 0 Å². The van der Waals surface area contributed by atoms with Crippen molar-refractivity contribution in [2.45, 2.75) is 25.9 Å². The average molecular weight is 294 g/mol. The van der Waals surface area contributed by atoms with Crippen molar-refractivity contribution < 1.29 is 4.74 Å². The van der Waals surface area contributed by atoms with Crippen molar-refractivity contribution >= 4 is 5.84 Å². The molecule has 3 nitrogen and oxygen atoms in total. The molecule has 0 bridgehead atoms. The first kappa shape index (κ1) is 14.6. The molecular weight excluding hydrogens is 272 g/mol. The van der Waals surface area contributed by atoms with Gasteiger partial charge in [0, 0.05) is 18.7 Å². The van der Waals surface area contributed by atoms with Crippen LogP contribution in [-0.4, -0.2) is 30.4 Å². The number of benzene rings is 2. The van der Waals surface area contributed by atoms with Gasteiger partial charge >= 0.3 is 0 Å². The molecule has 0 radical (unpaired) electrons. The summed E-state index contributed by atoms with van der Waals surface area (Å²) in [7, 11) is 1.70. The Bertz CT molecular complexity index is 634. The minimum absolute atomic E-state index is 0.391. The lowest BCUT2D eigenvalue weighted by Crippen LogP contribution is -2.37. The Morgan fingerprint density at radius 2 is 1.82 bits per heavy atom. The van der Waals surface area contributed by atoms with E-state index in [4.69, 9.17) is 9.73 Å². The molecule has 0 fully saturated rings. The van der Waals surface area contributed by atoms with Gasteiger partial charge in [0.1, 0.15) is 11.6 Å². The van der Waals surface area contributed by atoms with Crippen molar-refractivity contribution in [1.29, 1.82) is 0 Å². The number of amidine groups is 1. The maximum Gasteiger partial charge on any atom is 0.131 e. The quantitative estimate of drug-likeness (QED) is 0.858. The zero-order valence-electron chi connectivity index (χ0n) is 13.2. The first-order valence-electron chi connectivity index (χ1n) is 7.77. The summed E-state index contributed by atoms with van der Waals surface area (Å²) in [4.78, 5) is 7.25. The Labute approximate surface area is 132 Å². The van der Waals surface area contributed by atoms with E-state index in [2.05, 4.69) is 48.2 Å². The van der Waals surface area contributed by atoms with Gasteiger partial charge in [-0.1, -0.05) is 42.5 Å². The van der Waals surface area contributed by atoms with Crippen LogP contribution in [0.5, 0.6) is 5.75 Å². The maximum atomic E-state index is 5.23. The van der Waals surface area contributed by atoms with Crippen molar-refractivity contribution in [2.75, 3.05) is 13.7 Å². The second-order valence-electron chi connectivity index (χ2n) is 5.73. The summed E-state index contributed by atoms with van der Waals surface area (Å²) >= 11 is 0. The molecule has 0 saturated carbocycles. The van der Waals surface area contributed by atoms with Crippen LogP contribution in [0, 0.1) is 0 Å². The van der Waals surface area contributed by atoms with E-state index >= 15 is 0 Å². The minimum Gasteiger partial charge on any atom is -0.497 e. The van der Waals surface area contributed by atoms with Crippen LogP contribution in [0.1, 0.15) is 24.5 Å². The van der Waals surface area contributed by atoms with E-state index in [1.165, 1.54) is 11.1 Å². The van der Waals surface area contributed by atoms with Crippen molar-refractivity contribution in [3.05, 3.63) is 65.7 Å². The largest absolute Gasteiger partial charge is 0.497 e. The molecule has 1 aliphatic rings. The number of rotatable bonds is 4. The van der Waals surface area contributed by atoms with Crippen molar-refractivity contribution in [1.82, 2.24) is 4.90 Å². The van der Waals surface area contributed by atoms with Gasteiger partial charge in [-0.05, 0) is 31.0 Å². The van der Waals surface area contributed by atoms with Gasteiger partial charge in [-0.3, -0.25) is 4.99 Å². The Hall–Kier alpha value is -2.29. The first-order chi connectivity index (χ1) is 10.8. The fraction of sp³-hybridized carbons (Fsp3) is 0.316. The molecule has 22 heavy (non-hydrogen) atoms. The Morgan fingerprint density at radius 3 is 2.50 bits per heavy atom. The van der Waals surface area contributed by atoms with E-state index in [0.29, 0.717) is 6.04 Å². The molecule has 0 spiro atoms. The van der Waals surface area contributed by atoms with Gasteiger partial charge in [-0.15, -0.1) is 0 Å². The molecule has 0 N–H and O–H groups in total. The van der Waals surface area contributed by atoms with Crippen LogP contribution in [0.15, 0.2) is 59.6 Å². The molecule has 1 heterocycles. The third kappa shape index (κ3) is 3.30. The number of nitrogens with zero attached hydrogens (tertiary/aromatic N) is 2. The predicted molar refractivity (Wildman–Crippen MR) is 90.5 cm³/mol. The number of hydrogen-bond acceptors (Lipinski definition) is 3. The van der Waals surface area contributed by atoms with E-state index < -0.39 is 0 Å². The first-order valence-corrected chi connectivity index (χ1v) is 7.77. The lowest BCUT2D eigenvalue weighted by Gasteiger charge is -2.32. The van der Waals surface area contributed by atoms with Gasteiger partial charge in [-0.2, -0.15) is 0 Å². The fourth-order valence-electron chi connectivity index (χ4n) is 2.75. The van der Waals surface area contributed by atoms with Crippen LogP contribution in [0.25, 0.3) is 0 Å². The van der Waals surface area contributed by atoms with E-state index in [1.54, 1.807) is 7.11 Å². The van der Waals surface area contributed by atoms with Crippen LogP contribution in [0.3, 0.4) is 0 Å². The zero-order valence-corrected chi connectivity index (χ0v) is 13.2. The Kier molecular flexibility index (Phi) is 4.42. The number of aliphatic imine (C=N–C) groups is 1. The molecule has 3 rings (SSSR count). The third-order valence-electron chi connectivity index (χ3n) is 4.02. The normalized spacial score (nSPS) is 18.0. The second-order valence-corrected chi connectivity index (χ2v) is 5.73. The Balaban J connectivity index is 1.83. The van der Waals surface area contributed by atoms with Crippen molar-refractivity contribution in [3.8, 4) is 5.75 Å². The van der Waals surface area contributed by atoms with E-state index in [-0.39, 0.29) is 0 Å². The van der Waals surface area contributed by atoms with Crippen LogP contribution >= 0.6 is 0 Å². The van der Waals surface area contributed by atoms with Gasteiger partial charge in [0.15, 0.2) is 0 Å². The predicted octanol–water partition coefficient (Wildman–Crippen LogP) is 3.74. The SMILES string of the molecule is COc1ccc(CN2CCC(C)N=C2c2ccccc2)cc1. The van der Waals surface area contributed by atoms with Gasteiger partial charge in [0.05, 0.1) is 13.2 Å². The maximum absolute atomic E-state index is 5.23. The summed E-state index contributed by atoms with van der Waals surface area (Å²) in [5.41, 5.74) is 2.47. The molecule has 114 valence electrons. The van der Waals surface area contributed by atoms with Gasteiger partial charge in [0.25, 0.3) is 0 Å². The number of methoxy groups -OCH3 is 1. The molecule has 2 aromatic carbocycles. The standard InChI is InChI=1S/C19H22N2O/c1-15-12-13-21(14-16-8-10-18(22-2)11-9-16)19(20-15)17-6-4-3-5-7-17/h3-11,15H,12-14H2,1-2H3. The molecular formula is C19H22N2O. The summed E-state index contributed by atoms with van der Waals surface area (Å²) < 4.78 is 5.23. The highest BCUT2D eigenvalue weighted by Gasteiger charge is 2.20. The summed E-state index contributed by atoms with van der Waals surface area (Å²) in [6.07, 6.45) is 1.10. The van der Waals surface area contributed by atoms with Crippen LogP contribution in [0.2, 0.25) is 0 Å². The molecule has 1 atom stereocenters. The van der Waals surface area contributed by atoms with E-state index in [1.807, 2.05) is 18.2 Å². The zero-order chi connectivity index (χ0) is 15.4. The van der Waals surface area contributed by atoms with Gasteiger partial charge in [-0.25, -0.2) is 0 Å². The average Bonchev–Trinajstić information content (AvgIpc) is 2.58. The monoisotopic (exact) mass is 294 g/mol. The topological polar surface area (TPSA) is 24.8 Å². The highest BCUT2D eigenvalue weighted by atomic mass is 16.5. The summed E-state index contributed by atoms with van der Waals surface area (Å²) in [5, 5.41) is 0. The van der Waals surface area contributed by atoms with Crippen molar-refractivity contribution in [3.63, 3.8) is 0 Å². The molecule has 0 aromatic heterocycles. The Morgan fingerprint density at radius 1 is 1.09 bits per heavy atom. The van der Waals surface area contributed by atoms with Crippen LogP contribution in [-0.2, 0) is 6.54 Å². The molecule has 1 unspecified atom stereocenters. The molecule has 2 aromatic rings. The molecule has 0 aliphatic carbocycles. The highest BCUT2D eigenvalue weighted by Crippen LogP contribution is 2.19. The minimum atomic E-state index is 0.391. The smallest absolute Gasteiger partial charge is 0.131 e.